The van der Waals surface area contributed by atoms with Gasteiger partial charge in [0.1, 0.15) is 0 Å². The summed E-state index contributed by atoms with van der Waals surface area (Å²) in [5.41, 5.74) is 0. The van der Waals surface area contributed by atoms with Crippen LogP contribution in [0.2, 0.25) is 5.02 Å². The summed E-state index contributed by atoms with van der Waals surface area (Å²) in [7, 11) is -3.27. The SMILES string of the molecule is CCCCCNCC(C)S(=O)(=O)c1ccc(Cl)cc1. The number of unbranched alkanes of at least 4 members (excludes halogenated alkanes) is 2. The van der Waals surface area contributed by atoms with Crippen LogP contribution in [0.3, 0.4) is 0 Å². The van der Waals surface area contributed by atoms with Crippen molar-refractivity contribution in [3.05, 3.63) is 29.3 Å². The summed E-state index contributed by atoms with van der Waals surface area (Å²) < 4.78 is 24.6. The van der Waals surface area contributed by atoms with E-state index in [0.717, 1.165) is 13.0 Å². The van der Waals surface area contributed by atoms with Gasteiger partial charge >= 0.3 is 0 Å². The first-order chi connectivity index (χ1) is 8.98. The third-order valence-electron chi connectivity index (χ3n) is 3.06. The minimum Gasteiger partial charge on any atom is -0.315 e. The molecule has 1 rings (SSSR count). The van der Waals surface area contributed by atoms with Gasteiger partial charge in [0.05, 0.1) is 10.1 Å². The van der Waals surface area contributed by atoms with Crippen molar-refractivity contribution in [1.82, 2.24) is 5.32 Å². The molecule has 0 fully saturated rings. The largest absolute Gasteiger partial charge is 0.315 e. The molecule has 0 aliphatic carbocycles. The second-order valence-corrected chi connectivity index (χ2v) is 7.52. The molecule has 0 radical (unpaired) electrons. The molecule has 1 aromatic carbocycles. The molecule has 0 aliphatic heterocycles. The van der Waals surface area contributed by atoms with Crippen molar-refractivity contribution in [2.45, 2.75) is 43.3 Å². The monoisotopic (exact) mass is 303 g/mol. The van der Waals surface area contributed by atoms with Gasteiger partial charge in [0.2, 0.25) is 0 Å². The molecule has 0 aliphatic rings. The van der Waals surface area contributed by atoms with Gasteiger partial charge in [-0.15, -0.1) is 0 Å². The standard InChI is InChI=1S/C14H22ClNO2S/c1-3-4-5-10-16-11-12(2)19(17,18)14-8-6-13(15)7-9-14/h6-9,12,16H,3-5,10-11H2,1-2H3. The molecular weight excluding hydrogens is 282 g/mol. The molecule has 0 saturated heterocycles. The van der Waals surface area contributed by atoms with Crippen LogP contribution in [0.15, 0.2) is 29.2 Å². The fourth-order valence-corrected chi connectivity index (χ4v) is 3.21. The molecular formula is C14H22ClNO2S. The predicted molar refractivity (Wildman–Crippen MR) is 80.5 cm³/mol. The number of benzene rings is 1. The molecule has 1 atom stereocenters. The number of rotatable bonds is 8. The van der Waals surface area contributed by atoms with Crippen molar-refractivity contribution in [3.63, 3.8) is 0 Å². The third-order valence-corrected chi connectivity index (χ3v) is 5.47. The molecule has 1 unspecified atom stereocenters. The Morgan fingerprint density at radius 3 is 2.42 bits per heavy atom. The Kier molecular flexibility index (Phi) is 6.83. The predicted octanol–water partition coefficient (Wildman–Crippen LogP) is 3.28. The van der Waals surface area contributed by atoms with Gasteiger partial charge < -0.3 is 5.32 Å². The highest BCUT2D eigenvalue weighted by molar-refractivity contribution is 7.92. The minimum absolute atomic E-state index is 0.333. The average Bonchev–Trinajstić information content (AvgIpc) is 2.38. The van der Waals surface area contributed by atoms with E-state index in [0.29, 0.717) is 16.5 Å². The summed E-state index contributed by atoms with van der Waals surface area (Å²) in [4.78, 5) is 0.333. The second-order valence-electron chi connectivity index (χ2n) is 4.72. The van der Waals surface area contributed by atoms with Crippen LogP contribution in [0.5, 0.6) is 0 Å². The maximum atomic E-state index is 12.3. The van der Waals surface area contributed by atoms with Gasteiger partial charge in [-0.05, 0) is 44.2 Å². The van der Waals surface area contributed by atoms with E-state index in [1.54, 1.807) is 31.2 Å². The van der Waals surface area contributed by atoms with Crippen molar-refractivity contribution in [2.75, 3.05) is 13.1 Å². The summed E-state index contributed by atoms with van der Waals surface area (Å²) in [6.07, 6.45) is 3.43. The van der Waals surface area contributed by atoms with Gasteiger partial charge in [-0.25, -0.2) is 8.42 Å². The van der Waals surface area contributed by atoms with Crippen LogP contribution in [-0.2, 0) is 9.84 Å². The van der Waals surface area contributed by atoms with Crippen LogP contribution < -0.4 is 5.32 Å². The topological polar surface area (TPSA) is 46.2 Å². The van der Waals surface area contributed by atoms with Crippen LogP contribution in [0.25, 0.3) is 0 Å². The number of nitrogens with one attached hydrogen (secondary N) is 1. The molecule has 0 heterocycles. The molecule has 0 aromatic heterocycles. The molecule has 0 bridgehead atoms. The quantitative estimate of drug-likeness (QED) is 0.750. The van der Waals surface area contributed by atoms with Crippen molar-refractivity contribution < 1.29 is 8.42 Å². The zero-order valence-corrected chi connectivity index (χ0v) is 13.1. The summed E-state index contributed by atoms with van der Waals surface area (Å²) in [6.45, 7) is 5.23. The zero-order chi connectivity index (χ0) is 14.3. The molecule has 1 N–H and O–H groups in total. The fraction of sp³-hybridized carbons (Fsp3) is 0.571. The highest BCUT2D eigenvalue weighted by Crippen LogP contribution is 2.18. The zero-order valence-electron chi connectivity index (χ0n) is 11.5. The molecule has 0 saturated carbocycles. The summed E-state index contributed by atoms with van der Waals surface area (Å²) >= 11 is 5.77. The lowest BCUT2D eigenvalue weighted by Gasteiger charge is -2.14. The lowest BCUT2D eigenvalue weighted by atomic mass is 10.2. The van der Waals surface area contributed by atoms with Crippen LogP contribution in [-0.4, -0.2) is 26.8 Å². The van der Waals surface area contributed by atoms with Crippen LogP contribution in [0.4, 0.5) is 0 Å². The van der Waals surface area contributed by atoms with Crippen molar-refractivity contribution in [2.24, 2.45) is 0 Å². The van der Waals surface area contributed by atoms with Gasteiger partial charge in [0, 0.05) is 11.6 Å². The van der Waals surface area contributed by atoms with E-state index in [-0.39, 0.29) is 0 Å². The molecule has 0 amide bonds. The maximum absolute atomic E-state index is 12.3. The molecule has 108 valence electrons. The fourth-order valence-electron chi connectivity index (χ4n) is 1.77. The Bertz CT molecular complexity index is 471. The molecule has 1 aromatic rings. The number of hydrogen-bond donors (Lipinski definition) is 1. The molecule has 19 heavy (non-hydrogen) atoms. The Balaban J connectivity index is 2.54. The lowest BCUT2D eigenvalue weighted by Crippen LogP contribution is -2.31. The van der Waals surface area contributed by atoms with Gasteiger partial charge in [-0.3, -0.25) is 0 Å². The highest BCUT2D eigenvalue weighted by Gasteiger charge is 2.22. The summed E-state index contributed by atoms with van der Waals surface area (Å²) in [5.74, 6) is 0. The van der Waals surface area contributed by atoms with E-state index in [2.05, 4.69) is 12.2 Å². The lowest BCUT2D eigenvalue weighted by molar-refractivity contribution is 0.564. The van der Waals surface area contributed by atoms with Crippen LogP contribution in [0, 0.1) is 0 Å². The Hall–Kier alpha value is -0.580. The van der Waals surface area contributed by atoms with Gasteiger partial charge in [-0.2, -0.15) is 0 Å². The van der Waals surface area contributed by atoms with E-state index in [1.807, 2.05) is 0 Å². The third kappa shape index (κ3) is 5.13. The van der Waals surface area contributed by atoms with Gasteiger partial charge in [0.15, 0.2) is 9.84 Å². The number of hydrogen-bond acceptors (Lipinski definition) is 3. The first kappa shape index (κ1) is 16.5. The smallest absolute Gasteiger partial charge is 0.182 e. The summed E-state index contributed by atoms with van der Waals surface area (Å²) in [6, 6.07) is 6.34. The first-order valence-corrected chi connectivity index (χ1v) is 8.61. The molecule has 0 spiro atoms. The van der Waals surface area contributed by atoms with E-state index < -0.39 is 15.1 Å². The van der Waals surface area contributed by atoms with Crippen molar-refractivity contribution >= 4 is 21.4 Å². The first-order valence-electron chi connectivity index (χ1n) is 6.68. The highest BCUT2D eigenvalue weighted by atomic mass is 35.5. The Labute approximate surface area is 121 Å². The Morgan fingerprint density at radius 1 is 1.21 bits per heavy atom. The number of halogens is 1. The summed E-state index contributed by atoms with van der Waals surface area (Å²) in [5, 5.41) is 3.31. The van der Waals surface area contributed by atoms with Crippen molar-refractivity contribution in [3.8, 4) is 0 Å². The second kappa shape index (κ2) is 7.88. The van der Waals surface area contributed by atoms with E-state index in [4.69, 9.17) is 11.6 Å². The van der Waals surface area contributed by atoms with Crippen LogP contribution >= 0.6 is 11.6 Å². The van der Waals surface area contributed by atoms with Crippen LogP contribution in [0.1, 0.15) is 33.1 Å². The van der Waals surface area contributed by atoms with E-state index >= 15 is 0 Å². The van der Waals surface area contributed by atoms with Gasteiger partial charge in [-0.1, -0.05) is 31.4 Å². The average molecular weight is 304 g/mol. The number of sulfone groups is 1. The van der Waals surface area contributed by atoms with Crippen molar-refractivity contribution in [1.29, 1.82) is 0 Å². The minimum atomic E-state index is -3.27. The Morgan fingerprint density at radius 2 is 1.84 bits per heavy atom. The normalized spacial score (nSPS) is 13.4. The molecule has 3 nitrogen and oxygen atoms in total. The van der Waals surface area contributed by atoms with E-state index in [9.17, 15) is 8.42 Å². The van der Waals surface area contributed by atoms with E-state index in [1.165, 1.54) is 12.8 Å². The van der Waals surface area contributed by atoms with Gasteiger partial charge in [0.25, 0.3) is 0 Å². The maximum Gasteiger partial charge on any atom is 0.182 e. The molecule has 5 heteroatoms.